The highest BCUT2D eigenvalue weighted by Crippen LogP contribution is 2.18. The first-order chi connectivity index (χ1) is 7.74. The second-order valence-electron chi connectivity index (χ2n) is 4.70. The smallest absolute Gasteiger partial charge is 0.194 e. The van der Waals surface area contributed by atoms with Gasteiger partial charge in [-0.25, -0.2) is 4.98 Å². The Morgan fingerprint density at radius 3 is 3.19 bits per heavy atom. The molecule has 1 fully saturated rings. The highest BCUT2D eigenvalue weighted by Gasteiger charge is 2.17. The molecule has 2 unspecified atom stereocenters. The third-order valence-corrected chi connectivity index (χ3v) is 2.85. The van der Waals surface area contributed by atoms with Gasteiger partial charge in [0.25, 0.3) is 0 Å². The molecule has 16 heavy (non-hydrogen) atoms. The first-order valence-corrected chi connectivity index (χ1v) is 6.00. The zero-order valence-electron chi connectivity index (χ0n) is 9.82. The summed E-state index contributed by atoms with van der Waals surface area (Å²) < 4.78 is 10.9. The highest BCUT2D eigenvalue weighted by molar-refractivity contribution is 4.99. The SMILES string of the molecule is CC(N)Cc1coc(CC2CCCOC2)n1. The van der Waals surface area contributed by atoms with Crippen LogP contribution in [0.2, 0.25) is 0 Å². The van der Waals surface area contributed by atoms with Gasteiger partial charge in [-0.3, -0.25) is 0 Å². The topological polar surface area (TPSA) is 61.3 Å². The van der Waals surface area contributed by atoms with Crippen molar-refractivity contribution in [3.63, 3.8) is 0 Å². The average molecular weight is 224 g/mol. The fourth-order valence-corrected chi connectivity index (χ4v) is 2.08. The van der Waals surface area contributed by atoms with E-state index in [1.165, 1.54) is 6.42 Å². The molecule has 0 saturated carbocycles. The quantitative estimate of drug-likeness (QED) is 0.842. The van der Waals surface area contributed by atoms with Crippen LogP contribution in [-0.2, 0) is 17.6 Å². The second kappa shape index (κ2) is 5.46. The maximum Gasteiger partial charge on any atom is 0.194 e. The van der Waals surface area contributed by atoms with Crippen LogP contribution in [0.5, 0.6) is 0 Å². The van der Waals surface area contributed by atoms with Crippen LogP contribution in [0.3, 0.4) is 0 Å². The average Bonchev–Trinajstić information content (AvgIpc) is 2.66. The molecule has 1 aromatic heterocycles. The molecule has 2 atom stereocenters. The molecule has 4 nitrogen and oxygen atoms in total. The van der Waals surface area contributed by atoms with Gasteiger partial charge in [-0.2, -0.15) is 0 Å². The Kier molecular flexibility index (Phi) is 3.96. The molecule has 2 N–H and O–H groups in total. The molecule has 2 rings (SSSR count). The summed E-state index contributed by atoms with van der Waals surface area (Å²) in [6.07, 6.45) is 5.76. The van der Waals surface area contributed by atoms with Crippen molar-refractivity contribution in [3.05, 3.63) is 17.8 Å². The van der Waals surface area contributed by atoms with Crippen molar-refractivity contribution in [2.75, 3.05) is 13.2 Å². The molecule has 0 spiro atoms. The molecule has 1 saturated heterocycles. The zero-order chi connectivity index (χ0) is 11.4. The van der Waals surface area contributed by atoms with E-state index in [-0.39, 0.29) is 6.04 Å². The first-order valence-electron chi connectivity index (χ1n) is 6.00. The monoisotopic (exact) mass is 224 g/mol. The Morgan fingerprint density at radius 2 is 2.50 bits per heavy atom. The fourth-order valence-electron chi connectivity index (χ4n) is 2.08. The van der Waals surface area contributed by atoms with Crippen LogP contribution in [-0.4, -0.2) is 24.2 Å². The van der Waals surface area contributed by atoms with E-state index in [9.17, 15) is 0 Å². The molecule has 0 aliphatic carbocycles. The second-order valence-corrected chi connectivity index (χ2v) is 4.70. The number of nitrogens with zero attached hydrogens (tertiary/aromatic N) is 1. The number of aromatic nitrogens is 1. The molecule has 90 valence electrons. The molecule has 1 aromatic rings. The predicted octanol–water partition coefficient (Wildman–Crippen LogP) is 1.53. The van der Waals surface area contributed by atoms with Crippen molar-refractivity contribution in [1.82, 2.24) is 4.98 Å². The minimum atomic E-state index is 0.135. The van der Waals surface area contributed by atoms with Crippen LogP contribution in [0.1, 0.15) is 31.4 Å². The van der Waals surface area contributed by atoms with Gasteiger partial charge in [0.2, 0.25) is 0 Å². The van der Waals surface area contributed by atoms with Crippen LogP contribution in [0.4, 0.5) is 0 Å². The molecule has 0 aromatic carbocycles. The third kappa shape index (κ3) is 3.32. The number of oxazole rings is 1. The highest BCUT2D eigenvalue weighted by atomic mass is 16.5. The Hall–Kier alpha value is -0.870. The molecule has 0 bridgehead atoms. The van der Waals surface area contributed by atoms with E-state index in [0.29, 0.717) is 5.92 Å². The summed E-state index contributed by atoms with van der Waals surface area (Å²) in [6.45, 7) is 3.71. The Bertz CT molecular complexity index is 317. The van der Waals surface area contributed by atoms with Crippen LogP contribution < -0.4 is 5.73 Å². The molecular weight excluding hydrogens is 204 g/mol. The lowest BCUT2D eigenvalue weighted by Gasteiger charge is -2.20. The molecule has 1 aliphatic heterocycles. The minimum absolute atomic E-state index is 0.135. The largest absolute Gasteiger partial charge is 0.449 e. The Morgan fingerprint density at radius 1 is 1.62 bits per heavy atom. The van der Waals surface area contributed by atoms with E-state index in [1.54, 1.807) is 6.26 Å². The summed E-state index contributed by atoms with van der Waals surface area (Å²) in [7, 11) is 0. The maximum atomic E-state index is 5.72. The Labute approximate surface area is 96.2 Å². The van der Waals surface area contributed by atoms with E-state index in [2.05, 4.69) is 4.98 Å². The zero-order valence-corrected chi connectivity index (χ0v) is 9.82. The van der Waals surface area contributed by atoms with Gasteiger partial charge < -0.3 is 14.9 Å². The molecule has 2 heterocycles. The normalized spacial score (nSPS) is 23.2. The van der Waals surface area contributed by atoms with Gasteiger partial charge in [-0.05, 0) is 25.7 Å². The lowest BCUT2D eigenvalue weighted by molar-refractivity contribution is 0.0526. The first kappa shape index (κ1) is 11.6. The van der Waals surface area contributed by atoms with Crippen LogP contribution in [0.15, 0.2) is 10.7 Å². The van der Waals surface area contributed by atoms with E-state index < -0.39 is 0 Å². The lowest BCUT2D eigenvalue weighted by atomic mass is 9.99. The summed E-state index contributed by atoms with van der Waals surface area (Å²) >= 11 is 0. The van der Waals surface area contributed by atoms with Gasteiger partial charge in [-0.15, -0.1) is 0 Å². The van der Waals surface area contributed by atoms with Crippen LogP contribution in [0, 0.1) is 5.92 Å². The van der Waals surface area contributed by atoms with Crippen molar-refractivity contribution in [3.8, 4) is 0 Å². The van der Waals surface area contributed by atoms with Gasteiger partial charge in [0.15, 0.2) is 5.89 Å². The minimum Gasteiger partial charge on any atom is -0.449 e. The van der Waals surface area contributed by atoms with Gasteiger partial charge in [0, 0.05) is 32.1 Å². The van der Waals surface area contributed by atoms with Gasteiger partial charge in [0.05, 0.1) is 5.69 Å². The molecule has 4 heteroatoms. The summed E-state index contributed by atoms with van der Waals surface area (Å²) in [5, 5.41) is 0. The van der Waals surface area contributed by atoms with E-state index >= 15 is 0 Å². The number of hydrogen-bond donors (Lipinski definition) is 1. The number of rotatable bonds is 4. The van der Waals surface area contributed by atoms with Crippen molar-refractivity contribution < 1.29 is 9.15 Å². The predicted molar refractivity (Wildman–Crippen MR) is 61.1 cm³/mol. The molecule has 0 radical (unpaired) electrons. The summed E-state index contributed by atoms with van der Waals surface area (Å²) in [5.41, 5.74) is 6.68. The third-order valence-electron chi connectivity index (χ3n) is 2.85. The molecule has 1 aliphatic rings. The number of nitrogens with two attached hydrogens (primary N) is 1. The van der Waals surface area contributed by atoms with Crippen LogP contribution >= 0.6 is 0 Å². The maximum absolute atomic E-state index is 5.72. The molecular formula is C12H20N2O2. The van der Waals surface area contributed by atoms with E-state index in [1.807, 2.05) is 6.92 Å². The van der Waals surface area contributed by atoms with Gasteiger partial charge >= 0.3 is 0 Å². The lowest BCUT2D eigenvalue weighted by Crippen LogP contribution is -2.19. The van der Waals surface area contributed by atoms with Crippen molar-refractivity contribution in [2.45, 2.75) is 38.6 Å². The summed E-state index contributed by atoms with van der Waals surface area (Å²) in [6, 6.07) is 0.135. The van der Waals surface area contributed by atoms with Crippen molar-refractivity contribution in [1.29, 1.82) is 0 Å². The van der Waals surface area contributed by atoms with Gasteiger partial charge in [0.1, 0.15) is 6.26 Å². The van der Waals surface area contributed by atoms with Gasteiger partial charge in [-0.1, -0.05) is 0 Å². The standard InChI is InChI=1S/C12H20N2O2/c1-9(13)5-11-8-16-12(14-11)6-10-3-2-4-15-7-10/h8-10H,2-7,13H2,1H3. The Balaban J connectivity index is 1.86. The summed E-state index contributed by atoms with van der Waals surface area (Å²) in [5.74, 6) is 1.39. The molecule has 0 amide bonds. The van der Waals surface area contributed by atoms with Crippen molar-refractivity contribution in [2.24, 2.45) is 11.7 Å². The summed E-state index contributed by atoms with van der Waals surface area (Å²) in [4.78, 5) is 4.44. The van der Waals surface area contributed by atoms with E-state index in [0.717, 1.165) is 44.1 Å². The fraction of sp³-hybridized carbons (Fsp3) is 0.750. The van der Waals surface area contributed by atoms with E-state index in [4.69, 9.17) is 14.9 Å². The van der Waals surface area contributed by atoms with Crippen molar-refractivity contribution >= 4 is 0 Å². The number of ether oxygens (including phenoxy) is 1. The van der Waals surface area contributed by atoms with Crippen LogP contribution in [0.25, 0.3) is 0 Å². The number of hydrogen-bond acceptors (Lipinski definition) is 4.